The Morgan fingerprint density at radius 2 is 1.83 bits per heavy atom. The molecule has 4 heterocycles. The summed E-state index contributed by atoms with van der Waals surface area (Å²) in [6.45, 7) is 6.87. The smallest absolute Gasteiger partial charge is 0.407 e. The largest absolute Gasteiger partial charge is 0.465 e. The molecule has 4 aromatic rings. The van der Waals surface area contributed by atoms with Crippen LogP contribution in [0.15, 0.2) is 55.1 Å². The number of rotatable bonds is 3. The van der Waals surface area contributed by atoms with Crippen LogP contribution in [0.25, 0.3) is 27.8 Å². The number of amides is 1. The number of hydrogen-bond donors (Lipinski definition) is 1. The molecule has 5 rings (SSSR count). The first kappa shape index (κ1) is 23.6. The Morgan fingerprint density at radius 1 is 1.08 bits per heavy atom. The Labute approximate surface area is 210 Å². The Morgan fingerprint density at radius 3 is 2.44 bits per heavy atom. The second-order valence-electron chi connectivity index (χ2n) is 10.7. The van der Waals surface area contributed by atoms with E-state index in [0.29, 0.717) is 18.0 Å². The Bertz CT molecular complexity index is 1470. The minimum atomic E-state index is -0.838. The second kappa shape index (κ2) is 8.83. The van der Waals surface area contributed by atoms with Gasteiger partial charge in [0.15, 0.2) is 0 Å². The minimum absolute atomic E-state index is 0.0332. The molecule has 184 valence electrons. The molecule has 8 nitrogen and oxygen atoms in total. The number of likely N-dealkylation sites (tertiary alicyclic amines) is 1. The molecular weight excluding hydrogens is 452 g/mol. The topological polar surface area (TPSA) is 99.4 Å². The van der Waals surface area contributed by atoms with E-state index in [9.17, 15) is 15.2 Å². The third-order valence-corrected chi connectivity index (χ3v) is 7.31. The molecule has 2 unspecified atom stereocenters. The van der Waals surface area contributed by atoms with E-state index < -0.39 is 6.09 Å². The first-order chi connectivity index (χ1) is 17.2. The molecule has 1 aliphatic heterocycles. The fourth-order valence-corrected chi connectivity index (χ4v) is 5.40. The third-order valence-electron chi connectivity index (χ3n) is 7.31. The van der Waals surface area contributed by atoms with E-state index in [0.717, 1.165) is 40.6 Å². The number of piperidine rings is 1. The Hall–Kier alpha value is -4.12. The second-order valence-corrected chi connectivity index (χ2v) is 10.7. The van der Waals surface area contributed by atoms with Crippen LogP contribution in [0.2, 0.25) is 0 Å². The lowest BCUT2D eigenvalue weighted by atomic mass is 9.75. The highest BCUT2D eigenvalue weighted by atomic mass is 16.4. The number of aromatic nitrogens is 4. The van der Waals surface area contributed by atoms with Crippen molar-refractivity contribution in [3.8, 4) is 28.3 Å². The zero-order valence-corrected chi connectivity index (χ0v) is 21.0. The summed E-state index contributed by atoms with van der Waals surface area (Å²) in [4.78, 5) is 13.4. The van der Waals surface area contributed by atoms with Crippen LogP contribution in [0.5, 0.6) is 0 Å². The number of pyridine rings is 1. The van der Waals surface area contributed by atoms with Gasteiger partial charge in [-0.05, 0) is 41.4 Å². The molecule has 0 radical (unpaired) electrons. The van der Waals surface area contributed by atoms with Crippen molar-refractivity contribution in [1.29, 1.82) is 5.26 Å². The standard InChI is InChI=1S/C28H30N6O2/c1-28(2,3)25-12-20(9-10-33(25)27(35)36)18-5-7-19(8-6-18)24-11-21(23-15-30-32(4)16-23)17-34-26(24)22(13-29)14-31-34/h5-8,11,14-17,20,25H,9-10,12H2,1-4H3,(H,35,36). The number of carbonyl (C=O) groups is 1. The van der Waals surface area contributed by atoms with Crippen LogP contribution in [0.1, 0.15) is 50.7 Å². The highest BCUT2D eigenvalue weighted by molar-refractivity contribution is 5.87. The summed E-state index contributed by atoms with van der Waals surface area (Å²) in [6.07, 6.45) is 8.07. The van der Waals surface area contributed by atoms with Crippen LogP contribution in [0, 0.1) is 16.7 Å². The van der Waals surface area contributed by atoms with Crippen molar-refractivity contribution in [1.82, 2.24) is 24.3 Å². The third kappa shape index (κ3) is 4.22. The number of nitrogens with zero attached hydrogens (tertiary/aromatic N) is 6. The van der Waals surface area contributed by atoms with Gasteiger partial charge in [0.05, 0.1) is 23.5 Å². The van der Waals surface area contributed by atoms with Crippen LogP contribution in [-0.4, -0.2) is 48.1 Å². The molecule has 8 heteroatoms. The quantitative estimate of drug-likeness (QED) is 0.413. The summed E-state index contributed by atoms with van der Waals surface area (Å²) in [6, 6.07) is 12.8. The van der Waals surface area contributed by atoms with Crippen LogP contribution in [0.3, 0.4) is 0 Å². The van der Waals surface area contributed by atoms with E-state index >= 15 is 0 Å². The van der Waals surface area contributed by atoms with E-state index in [2.05, 4.69) is 67.4 Å². The lowest BCUT2D eigenvalue weighted by Gasteiger charge is -2.44. The van der Waals surface area contributed by atoms with Gasteiger partial charge in [0.25, 0.3) is 0 Å². The van der Waals surface area contributed by atoms with Gasteiger partial charge >= 0.3 is 6.09 Å². The van der Waals surface area contributed by atoms with E-state index in [1.807, 2.05) is 25.6 Å². The zero-order chi connectivity index (χ0) is 25.6. The van der Waals surface area contributed by atoms with Crippen LogP contribution in [0.4, 0.5) is 4.79 Å². The summed E-state index contributed by atoms with van der Waals surface area (Å²) in [5.74, 6) is 0.297. The molecule has 1 amide bonds. The summed E-state index contributed by atoms with van der Waals surface area (Å²) < 4.78 is 3.53. The highest BCUT2D eigenvalue weighted by Gasteiger charge is 2.39. The molecule has 0 saturated carbocycles. The lowest BCUT2D eigenvalue weighted by Crippen LogP contribution is -2.51. The van der Waals surface area contributed by atoms with Gasteiger partial charge in [0, 0.05) is 48.7 Å². The molecule has 0 spiro atoms. The molecule has 0 bridgehead atoms. The van der Waals surface area contributed by atoms with Crippen molar-refractivity contribution in [2.75, 3.05) is 6.54 Å². The highest BCUT2D eigenvalue weighted by Crippen LogP contribution is 2.40. The number of benzene rings is 1. The van der Waals surface area contributed by atoms with E-state index in [-0.39, 0.29) is 11.5 Å². The molecule has 2 atom stereocenters. The van der Waals surface area contributed by atoms with Gasteiger partial charge in [-0.1, -0.05) is 45.0 Å². The van der Waals surface area contributed by atoms with Crippen molar-refractivity contribution >= 4 is 11.6 Å². The molecule has 3 aromatic heterocycles. The number of carboxylic acid groups (broad SMARTS) is 1. The number of fused-ring (bicyclic) bond motifs is 1. The first-order valence-corrected chi connectivity index (χ1v) is 12.2. The van der Waals surface area contributed by atoms with Gasteiger partial charge in [-0.2, -0.15) is 15.5 Å². The van der Waals surface area contributed by atoms with Gasteiger partial charge in [0.1, 0.15) is 6.07 Å². The van der Waals surface area contributed by atoms with Crippen molar-refractivity contribution in [3.05, 3.63) is 66.2 Å². The van der Waals surface area contributed by atoms with Gasteiger partial charge in [-0.15, -0.1) is 0 Å². The maximum Gasteiger partial charge on any atom is 0.407 e. The molecule has 1 fully saturated rings. The van der Waals surface area contributed by atoms with E-state index in [4.69, 9.17) is 0 Å². The number of aryl methyl sites for hydroxylation is 1. The maximum absolute atomic E-state index is 11.8. The van der Waals surface area contributed by atoms with E-state index in [1.165, 1.54) is 5.56 Å². The summed E-state index contributed by atoms with van der Waals surface area (Å²) >= 11 is 0. The van der Waals surface area contributed by atoms with Gasteiger partial charge in [-0.3, -0.25) is 4.68 Å². The Kier molecular flexibility index (Phi) is 5.79. The normalized spacial score (nSPS) is 18.4. The lowest BCUT2D eigenvalue weighted by molar-refractivity contribution is 0.0526. The fourth-order valence-electron chi connectivity index (χ4n) is 5.40. The SMILES string of the molecule is Cn1cc(-c2cc(-c3ccc(C4CCN(C(=O)O)C(C(C)(C)C)C4)cc3)c3c(C#N)cnn3c2)cn1. The van der Waals surface area contributed by atoms with Crippen LogP contribution >= 0.6 is 0 Å². The molecule has 1 aromatic carbocycles. The molecule has 1 saturated heterocycles. The van der Waals surface area contributed by atoms with Gasteiger partial charge in [-0.25, -0.2) is 9.31 Å². The summed E-state index contributed by atoms with van der Waals surface area (Å²) in [7, 11) is 1.88. The monoisotopic (exact) mass is 482 g/mol. The fraction of sp³-hybridized carbons (Fsp3) is 0.357. The van der Waals surface area contributed by atoms with E-state index in [1.54, 1.807) is 20.3 Å². The molecule has 36 heavy (non-hydrogen) atoms. The minimum Gasteiger partial charge on any atom is -0.465 e. The van der Waals surface area contributed by atoms with Crippen LogP contribution < -0.4 is 0 Å². The molecule has 0 aliphatic carbocycles. The Balaban J connectivity index is 1.51. The summed E-state index contributed by atoms with van der Waals surface area (Å²) in [5.41, 5.74) is 6.27. The van der Waals surface area contributed by atoms with Gasteiger partial charge < -0.3 is 10.0 Å². The molecular formula is C28H30N6O2. The number of nitriles is 1. The van der Waals surface area contributed by atoms with Crippen molar-refractivity contribution in [2.45, 2.75) is 45.6 Å². The first-order valence-electron chi connectivity index (χ1n) is 12.2. The van der Waals surface area contributed by atoms with Crippen molar-refractivity contribution in [3.63, 3.8) is 0 Å². The molecule has 1 aliphatic rings. The number of hydrogen-bond acceptors (Lipinski definition) is 4. The van der Waals surface area contributed by atoms with Crippen molar-refractivity contribution in [2.24, 2.45) is 12.5 Å². The summed E-state index contributed by atoms with van der Waals surface area (Å²) in [5, 5.41) is 28.1. The zero-order valence-electron chi connectivity index (χ0n) is 21.0. The predicted octanol–water partition coefficient (Wildman–Crippen LogP) is 5.55. The van der Waals surface area contributed by atoms with Crippen molar-refractivity contribution < 1.29 is 9.90 Å². The van der Waals surface area contributed by atoms with Crippen LogP contribution in [-0.2, 0) is 7.05 Å². The van der Waals surface area contributed by atoms with Gasteiger partial charge in [0.2, 0.25) is 0 Å². The average molecular weight is 483 g/mol. The maximum atomic E-state index is 11.8. The molecule has 1 N–H and O–H groups in total. The predicted molar refractivity (Wildman–Crippen MR) is 137 cm³/mol. The average Bonchev–Trinajstić information content (AvgIpc) is 3.48.